The molecule has 1 rings (SSSR count). The number of nitrogens with two attached hydrogens (primary N) is 1. The van der Waals surface area contributed by atoms with Gasteiger partial charge in [-0.3, -0.25) is 5.43 Å². The van der Waals surface area contributed by atoms with Crippen LogP contribution in [0, 0.1) is 5.82 Å². The van der Waals surface area contributed by atoms with E-state index in [1.165, 1.54) is 25.3 Å². The van der Waals surface area contributed by atoms with Crippen LogP contribution in [-0.4, -0.2) is 13.1 Å². The molecule has 14 heavy (non-hydrogen) atoms. The largest absolute Gasteiger partial charge is 0.497 e. The van der Waals surface area contributed by atoms with Crippen LogP contribution < -0.4 is 21.3 Å². The molecule has 0 radical (unpaired) electrons. The van der Waals surface area contributed by atoms with Gasteiger partial charge in [-0.2, -0.15) is 0 Å². The lowest BCUT2D eigenvalue weighted by Crippen LogP contribution is -2.34. The van der Waals surface area contributed by atoms with Crippen molar-refractivity contribution >= 4 is 11.7 Å². The van der Waals surface area contributed by atoms with Gasteiger partial charge in [-0.1, -0.05) is 0 Å². The van der Waals surface area contributed by atoms with E-state index in [0.717, 1.165) is 0 Å². The summed E-state index contributed by atoms with van der Waals surface area (Å²) in [5.74, 6) is 4.71. The number of nitrogens with one attached hydrogen (secondary N) is 2. The third kappa shape index (κ3) is 2.33. The Morgan fingerprint density at radius 1 is 1.57 bits per heavy atom. The number of anilines is 1. The molecule has 0 saturated heterocycles. The Morgan fingerprint density at radius 2 is 2.29 bits per heavy atom. The third-order valence-corrected chi connectivity index (χ3v) is 1.55. The second-order valence-electron chi connectivity index (χ2n) is 2.44. The van der Waals surface area contributed by atoms with Crippen molar-refractivity contribution < 1.29 is 13.9 Å². The van der Waals surface area contributed by atoms with Gasteiger partial charge >= 0.3 is 6.03 Å². The first-order valence-electron chi connectivity index (χ1n) is 3.78. The highest BCUT2D eigenvalue weighted by atomic mass is 19.1. The fourth-order valence-electron chi connectivity index (χ4n) is 0.886. The Balaban J connectivity index is 2.89. The summed E-state index contributed by atoms with van der Waals surface area (Å²) in [7, 11) is 1.44. The van der Waals surface area contributed by atoms with Gasteiger partial charge in [-0.15, -0.1) is 0 Å². The number of benzene rings is 1. The van der Waals surface area contributed by atoms with Crippen LogP contribution in [0.3, 0.4) is 0 Å². The monoisotopic (exact) mass is 199 g/mol. The minimum Gasteiger partial charge on any atom is -0.497 e. The molecule has 0 saturated carbocycles. The number of hydrogen-bond donors (Lipinski definition) is 3. The summed E-state index contributed by atoms with van der Waals surface area (Å²) in [5.41, 5.74) is 1.83. The highest BCUT2D eigenvalue weighted by molar-refractivity contribution is 5.89. The molecule has 0 bridgehead atoms. The third-order valence-electron chi connectivity index (χ3n) is 1.55. The van der Waals surface area contributed by atoms with Gasteiger partial charge in [-0.05, 0) is 12.1 Å². The summed E-state index contributed by atoms with van der Waals surface area (Å²) in [6, 6.07) is 3.29. The molecule has 0 aliphatic heterocycles. The standard InChI is InChI=1S/C8H10FN3O2/c1-14-5-2-3-6(9)7(4-5)11-8(13)12-10/h2-4H,10H2,1H3,(H2,11,12,13). The Hall–Kier alpha value is -1.82. The van der Waals surface area contributed by atoms with Gasteiger partial charge in [0.05, 0.1) is 12.8 Å². The lowest BCUT2D eigenvalue weighted by molar-refractivity contribution is 0.252. The number of amides is 2. The van der Waals surface area contributed by atoms with Crippen LogP contribution in [0.1, 0.15) is 0 Å². The number of carbonyl (C=O) groups is 1. The first-order valence-corrected chi connectivity index (χ1v) is 3.78. The van der Waals surface area contributed by atoms with Crippen LogP contribution in [0.5, 0.6) is 5.75 Å². The average molecular weight is 199 g/mol. The van der Waals surface area contributed by atoms with E-state index < -0.39 is 11.8 Å². The smallest absolute Gasteiger partial charge is 0.333 e. The van der Waals surface area contributed by atoms with Crippen LogP contribution in [0.15, 0.2) is 18.2 Å². The number of ether oxygens (including phenoxy) is 1. The molecule has 0 aliphatic rings. The van der Waals surface area contributed by atoms with Crippen molar-refractivity contribution in [3.63, 3.8) is 0 Å². The topological polar surface area (TPSA) is 76.4 Å². The molecule has 0 unspecified atom stereocenters. The predicted molar refractivity (Wildman–Crippen MR) is 49.3 cm³/mol. The molecule has 0 aromatic heterocycles. The Labute approximate surface area is 80.0 Å². The van der Waals surface area contributed by atoms with Crippen LogP contribution in [0.25, 0.3) is 0 Å². The van der Waals surface area contributed by atoms with Crippen molar-refractivity contribution in [3.8, 4) is 5.75 Å². The summed E-state index contributed by atoms with van der Waals surface area (Å²) in [4.78, 5) is 10.8. The van der Waals surface area contributed by atoms with Gasteiger partial charge in [0.15, 0.2) is 0 Å². The highest BCUT2D eigenvalue weighted by Gasteiger charge is 2.06. The van der Waals surface area contributed by atoms with E-state index in [4.69, 9.17) is 10.6 Å². The molecule has 0 aliphatic carbocycles. The van der Waals surface area contributed by atoms with E-state index in [9.17, 15) is 9.18 Å². The zero-order chi connectivity index (χ0) is 10.6. The second-order valence-corrected chi connectivity index (χ2v) is 2.44. The van der Waals surface area contributed by atoms with Crippen molar-refractivity contribution in [2.24, 2.45) is 5.84 Å². The van der Waals surface area contributed by atoms with Crippen LogP contribution in [-0.2, 0) is 0 Å². The second kappa shape index (κ2) is 4.43. The Bertz CT molecular complexity index is 343. The maximum Gasteiger partial charge on any atom is 0.333 e. The predicted octanol–water partition coefficient (Wildman–Crippen LogP) is 0.830. The van der Waals surface area contributed by atoms with Gasteiger partial charge in [0.25, 0.3) is 0 Å². The zero-order valence-corrected chi connectivity index (χ0v) is 7.50. The number of methoxy groups -OCH3 is 1. The Morgan fingerprint density at radius 3 is 2.86 bits per heavy atom. The molecule has 1 aromatic carbocycles. The number of halogens is 1. The minimum absolute atomic E-state index is 0.00676. The quantitative estimate of drug-likeness (QED) is 0.375. The first kappa shape index (κ1) is 10.3. The van der Waals surface area contributed by atoms with Gasteiger partial charge < -0.3 is 10.1 Å². The van der Waals surface area contributed by atoms with E-state index in [2.05, 4.69) is 5.32 Å². The summed E-state index contributed by atoms with van der Waals surface area (Å²) < 4.78 is 17.9. The normalized spacial score (nSPS) is 9.36. The van der Waals surface area contributed by atoms with Crippen molar-refractivity contribution in [1.82, 2.24) is 5.43 Å². The lowest BCUT2D eigenvalue weighted by atomic mass is 10.3. The van der Waals surface area contributed by atoms with Crippen molar-refractivity contribution in [3.05, 3.63) is 24.0 Å². The molecule has 4 N–H and O–H groups in total. The maximum absolute atomic E-state index is 13.1. The van der Waals surface area contributed by atoms with Crippen LogP contribution in [0.2, 0.25) is 0 Å². The first-order chi connectivity index (χ1) is 6.67. The fraction of sp³-hybridized carbons (Fsp3) is 0.125. The maximum atomic E-state index is 13.1. The molecular weight excluding hydrogens is 189 g/mol. The number of hydrogen-bond acceptors (Lipinski definition) is 3. The summed E-state index contributed by atoms with van der Waals surface area (Å²) >= 11 is 0. The van der Waals surface area contributed by atoms with E-state index in [1.54, 1.807) is 0 Å². The number of hydrazine groups is 1. The van der Waals surface area contributed by atoms with Gasteiger partial charge in [0.2, 0.25) is 0 Å². The number of carbonyl (C=O) groups excluding carboxylic acids is 1. The zero-order valence-electron chi connectivity index (χ0n) is 7.50. The molecule has 5 nitrogen and oxygen atoms in total. The molecule has 6 heteroatoms. The van der Waals surface area contributed by atoms with E-state index in [1.807, 2.05) is 5.43 Å². The number of rotatable bonds is 2. The lowest BCUT2D eigenvalue weighted by Gasteiger charge is -2.07. The number of urea groups is 1. The van der Waals surface area contributed by atoms with E-state index in [0.29, 0.717) is 5.75 Å². The molecule has 0 fully saturated rings. The molecule has 0 heterocycles. The van der Waals surface area contributed by atoms with Crippen molar-refractivity contribution in [1.29, 1.82) is 0 Å². The van der Waals surface area contributed by atoms with Crippen molar-refractivity contribution in [2.75, 3.05) is 12.4 Å². The summed E-state index contributed by atoms with van der Waals surface area (Å²) in [5, 5.41) is 2.20. The summed E-state index contributed by atoms with van der Waals surface area (Å²) in [6.45, 7) is 0. The summed E-state index contributed by atoms with van der Waals surface area (Å²) in [6.07, 6.45) is 0. The van der Waals surface area contributed by atoms with Crippen LogP contribution >= 0.6 is 0 Å². The molecule has 0 spiro atoms. The van der Waals surface area contributed by atoms with E-state index >= 15 is 0 Å². The average Bonchev–Trinajstić information content (AvgIpc) is 2.21. The van der Waals surface area contributed by atoms with Crippen LogP contribution in [0.4, 0.5) is 14.9 Å². The molecular formula is C8H10FN3O2. The van der Waals surface area contributed by atoms with Crippen molar-refractivity contribution in [2.45, 2.75) is 0 Å². The fourth-order valence-corrected chi connectivity index (χ4v) is 0.886. The molecule has 76 valence electrons. The SMILES string of the molecule is COc1ccc(F)c(NC(=O)NN)c1. The minimum atomic E-state index is -0.697. The van der Waals surface area contributed by atoms with Gasteiger partial charge in [0, 0.05) is 6.07 Å². The molecule has 0 atom stereocenters. The van der Waals surface area contributed by atoms with Gasteiger partial charge in [-0.25, -0.2) is 15.0 Å². The molecule has 2 amide bonds. The van der Waals surface area contributed by atoms with E-state index in [-0.39, 0.29) is 5.69 Å². The molecule has 1 aromatic rings. The Kier molecular flexibility index (Phi) is 3.24. The highest BCUT2D eigenvalue weighted by Crippen LogP contribution is 2.20. The van der Waals surface area contributed by atoms with Gasteiger partial charge in [0.1, 0.15) is 11.6 Å².